The van der Waals surface area contributed by atoms with Crippen LogP contribution >= 0.6 is 11.6 Å². The maximum atomic E-state index is 12.0. The molecule has 26 heavy (non-hydrogen) atoms. The fourth-order valence-electron chi connectivity index (χ4n) is 2.34. The molecule has 1 aromatic carbocycles. The number of anilines is 1. The summed E-state index contributed by atoms with van der Waals surface area (Å²) in [4.78, 5) is 48.7. The van der Waals surface area contributed by atoms with E-state index in [0.29, 0.717) is 10.7 Å². The van der Waals surface area contributed by atoms with Gasteiger partial charge in [-0.15, -0.1) is 0 Å². The van der Waals surface area contributed by atoms with E-state index in [1.54, 1.807) is 38.1 Å². The number of imide groups is 1. The highest BCUT2D eigenvalue weighted by Crippen LogP contribution is 2.17. The molecule has 0 radical (unpaired) electrons. The van der Waals surface area contributed by atoms with Crippen molar-refractivity contribution in [2.24, 2.45) is 0 Å². The lowest BCUT2D eigenvalue weighted by Crippen LogP contribution is -2.40. The van der Waals surface area contributed by atoms with Crippen molar-refractivity contribution in [2.75, 3.05) is 11.9 Å². The average Bonchev–Trinajstić information content (AvgIpc) is 2.73. The zero-order valence-corrected chi connectivity index (χ0v) is 15.4. The second-order valence-corrected chi connectivity index (χ2v) is 6.83. The molecule has 1 aromatic rings. The summed E-state index contributed by atoms with van der Waals surface area (Å²) in [5.41, 5.74) is -0.516. The van der Waals surface area contributed by atoms with E-state index >= 15 is 0 Å². The molecule has 1 atom stereocenters. The van der Waals surface area contributed by atoms with Crippen molar-refractivity contribution in [3.63, 3.8) is 0 Å². The third-order valence-corrected chi connectivity index (χ3v) is 3.99. The number of hydrogen-bond donors (Lipinski definition) is 2. The lowest BCUT2D eigenvalue weighted by atomic mass is 10.1. The van der Waals surface area contributed by atoms with E-state index in [1.165, 1.54) is 6.92 Å². The lowest BCUT2D eigenvalue weighted by molar-refractivity contribution is -0.153. The predicted molar refractivity (Wildman–Crippen MR) is 94.6 cm³/mol. The maximum absolute atomic E-state index is 12.0. The number of amides is 4. The van der Waals surface area contributed by atoms with E-state index < -0.39 is 35.5 Å². The van der Waals surface area contributed by atoms with E-state index in [2.05, 4.69) is 10.6 Å². The van der Waals surface area contributed by atoms with Gasteiger partial charge in [0.2, 0.25) is 0 Å². The fraction of sp³-hybridized carbons (Fsp3) is 0.412. The Bertz CT molecular complexity index is 750. The van der Waals surface area contributed by atoms with Crippen LogP contribution < -0.4 is 10.6 Å². The van der Waals surface area contributed by atoms with Gasteiger partial charge in [0.25, 0.3) is 11.8 Å². The van der Waals surface area contributed by atoms with Gasteiger partial charge in [-0.25, -0.2) is 4.79 Å². The summed E-state index contributed by atoms with van der Waals surface area (Å²) in [5, 5.41) is 5.56. The van der Waals surface area contributed by atoms with Crippen LogP contribution in [0.2, 0.25) is 5.02 Å². The van der Waals surface area contributed by atoms with Crippen molar-refractivity contribution in [1.29, 1.82) is 0 Å². The van der Waals surface area contributed by atoms with Crippen LogP contribution in [0.3, 0.4) is 0 Å². The van der Waals surface area contributed by atoms with Crippen LogP contribution in [0.1, 0.15) is 27.2 Å². The van der Waals surface area contributed by atoms with Crippen molar-refractivity contribution in [2.45, 2.75) is 38.8 Å². The van der Waals surface area contributed by atoms with Crippen molar-refractivity contribution in [1.82, 2.24) is 10.2 Å². The molecule has 1 saturated heterocycles. The Balaban J connectivity index is 1.82. The van der Waals surface area contributed by atoms with Gasteiger partial charge in [0, 0.05) is 17.3 Å². The van der Waals surface area contributed by atoms with Gasteiger partial charge in [0.1, 0.15) is 5.54 Å². The summed E-state index contributed by atoms with van der Waals surface area (Å²) in [7, 11) is 0. The second-order valence-electron chi connectivity index (χ2n) is 6.39. The van der Waals surface area contributed by atoms with E-state index in [1.807, 2.05) is 0 Å². The summed E-state index contributed by atoms with van der Waals surface area (Å²) >= 11 is 5.84. The minimum Gasteiger partial charge on any atom is -0.452 e. The number of halogens is 1. The van der Waals surface area contributed by atoms with Crippen LogP contribution in [0.25, 0.3) is 0 Å². The van der Waals surface area contributed by atoms with Crippen molar-refractivity contribution < 1.29 is 23.9 Å². The number of rotatable bonds is 6. The Morgan fingerprint density at radius 2 is 2.04 bits per heavy atom. The Morgan fingerprint density at radius 3 is 2.62 bits per heavy atom. The number of ether oxygens (including phenoxy) is 1. The molecule has 0 bridgehead atoms. The first-order chi connectivity index (χ1) is 12.1. The van der Waals surface area contributed by atoms with Crippen molar-refractivity contribution in [3.8, 4) is 0 Å². The second kappa shape index (κ2) is 7.74. The van der Waals surface area contributed by atoms with Crippen molar-refractivity contribution >= 4 is 41.1 Å². The molecule has 1 heterocycles. The number of carbonyl (C=O) groups is 4. The maximum Gasteiger partial charge on any atom is 0.325 e. The molecule has 140 valence electrons. The highest BCUT2D eigenvalue weighted by molar-refractivity contribution is 6.30. The molecule has 0 aliphatic carbocycles. The molecule has 1 aliphatic rings. The van der Waals surface area contributed by atoms with Gasteiger partial charge in [-0.3, -0.25) is 19.3 Å². The normalized spacial score (nSPS) is 16.8. The SMILES string of the molecule is C[C@@H](OC(=O)CCN1C(=O)NC(C)(C)C1=O)C(=O)Nc1cccc(Cl)c1. The Hall–Kier alpha value is -2.61. The van der Waals surface area contributed by atoms with E-state index in [0.717, 1.165) is 4.90 Å². The van der Waals surface area contributed by atoms with Gasteiger partial charge < -0.3 is 15.4 Å². The van der Waals surface area contributed by atoms with Gasteiger partial charge in [-0.05, 0) is 39.0 Å². The minimum absolute atomic E-state index is 0.116. The number of benzene rings is 1. The molecular weight excluding hydrogens is 362 g/mol. The summed E-state index contributed by atoms with van der Waals surface area (Å²) in [6.07, 6.45) is -1.25. The van der Waals surface area contributed by atoms with E-state index in [4.69, 9.17) is 16.3 Å². The zero-order valence-electron chi connectivity index (χ0n) is 14.7. The number of esters is 1. The molecule has 8 nitrogen and oxygen atoms in total. The first-order valence-corrected chi connectivity index (χ1v) is 8.38. The summed E-state index contributed by atoms with van der Waals surface area (Å²) in [5.74, 6) is -1.62. The molecule has 0 unspecified atom stereocenters. The van der Waals surface area contributed by atoms with Crippen LogP contribution in [-0.2, 0) is 19.1 Å². The van der Waals surface area contributed by atoms with Crippen LogP contribution in [0.5, 0.6) is 0 Å². The zero-order chi connectivity index (χ0) is 19.5. The van der Waals surface area contributed by atoms with Crippen LogP contribution in [0, 0.1) is 0 Å². The van der Waals surface area contributed by atoms with E-state index in [9.17, 15) is 19.2 Å². The van der Waals surface area contributed by atoms with Crippen LogP contribution in [-0.4, -0.2) is 46.9 Å². The Kier molecular flexibility index (Phi) is 5.86. The topological polar surface area (TPSA) is 105 Å². The predicted octanol–water partition coefficient (Wildman–Crippen LogP) is 1.93. The summed E-state index contributed by atoms with van der Waals surface area (Å²) in [6.45, 7) is 4.46. The van der Waals surface area contributed by atoms with Gasteiger partial charge in [0.15, 0.2) is 6.10 Å². The highest BCUT2D eigenvalue weighted by Gasteiger charge is 2.44. The minimum atomic E-state index is -1.04. The third-order valence-electron chi connectivity index (χ3n) is 3.75. The standard InChI is InChI=1S/C17H20ClN3O5/c1-10(14(23)19-12-6-4-5-11(18)9-12)26-13(22)7-8-21-15(24)17(2,3)20-16(21)25/h4-6,9-10H,7-8H2,1-3H3,(H,19,23)(H,20,25)/t10-/m1/s1. The van der Waals surface area contributed by atoms with E-state index in [-0.39, 0.29) is 13.0 Å². The molecule has 1 fully saturated rings. The monoisotopic (exact) mass is 381 g/mol. The molecule has 0 aromatic heterocycles. The largest absolute Gasteiger partial charge is 0.452 e. The van der Waals surface area contributed by atoms with Gasteiger partial charge in [-0.2, -0.15) is 0 Å². The Morgan fingerprint density at radius 1 is 1.35 bits per heavy atom. The van der Waals surface area contributed by atoms with Crippen LogP contribution in [0.15, 0.2) is 24.3 Å². The number of nitrogens with zero attached hydrogens (tertiary/aromatic N) is 1. The Labute approximate surface area is 155 Å². The summed E-state index contributed by atoms with van der Waals surface area (Å²) in [6, 6.07) is 6.00. The highest BCUT2D eigenvalue weighted by atomic mass is 35.5. The summed E-state index contributed by atoms with van der Waals surface area (Å²) < 4.78 is 5.04. The molecule has 2 rings (SSSR count). The number of hydrogen-bond acceptors (Lipinski definition) is 5. The first kappa shape index (κ1) is 19.7. The molecule has 9 heteroatoms. The number of carbonyl (C=O) groups excluding carboxylic acids is 4. The first-order valence-electron chi connectivity index (χ1n) is 8.00. The molecule has 4 amide bonds. The van der Waals surface area contributed by atoms with Gasteiger partial charge >= 0.3 is 12.0 Å². The van der Waals surface area contributed by atoms with Gasteiger partial charge in [0.05, 0.1) is 6.42 Å². The molecule has 1 aliphatic heterocycles. The quantitative estimate of drug-likeness (QED) is 0.578. The third kappa shape index (κ3) is 4.72. The van der Waals surface area contributed by atoms with Crippen molar-refractivity contribution in [3.05, 3.63) is 29.3 Å². The molecular formula is C17H20ClN3O5. The average molecular weight is 382 g/mol. The number of urea groups is 1. The molecule has 0 saturated carbocycles. The number of nitrogens with one attached hydrogen (secondary N) is 2. The van der Waals surface area contributed by atoms with Crippen LogP contribution in [0.4, 0.5) is 10.5 Å². The molecule has 0 spiro atoms. The lowest BCUT2D eigenvalue weighted by Gasteiger charge is -2.17. The smallest absolute Gasteiger partial charge is 0.325 e. The molecule has 2 N–H and O–H groups in total. The van der Waals surface area contributed by atoms with Gasteiger partial charge in [-0.1, -0.05) is 17.7 Å². The fourth-order valence-corrected chi connectivity index (χ4v) is 2.53.